The molecule has 0 heterocycles. The van der Waals surface area contributed by atoms with Crippen LogP contribution in [0.15, 0.2) is 78.9 Å². The highest BCUT2D eigenvalue weighted by Crippen LogP contribution is 2.31. The summed E-state index contributed by atoms with van der Waals surface area (Å²) in [6.45, 7) is 2.38. The van der Waals surface area contributed by atoms with Gasteiger partial charge < -0.3 is 19.1 Å². The van der Waals surface area contributed by atoms with Crippen LogP contribution in [0.2, 0.25) is 0 Å². The minimum Gasteiger partial charge on any atom is -0.493 e. The fraction of sp³-hybridized carbons (Fsp3) is 0.231. The molecular weight excluding hydrogens is 406 g/mol. The van der Waals surface area contributed by atoms with Gasteiger partial charge in [0.25, 0.3) is 5.91 Å². The van der Waals surface area contributed by atoms with E-state index in [1.54, 1.807) is 30.0 Å². The first-order valence-electron chi connectivity index (χ1n) is 10.3. The average Bonchev–Trinajstić information content (AvgIpc) is 2.83. The van der Waals surface area contributed by atoms with E-state index < -0.39 is 12.1 Å². The van der Waals surface area contributed by atoms with Gasteiger partial charge in [-0.15, -0.1) is 0 Å². The second-order valence-electron chi connectivity index (χ2n) is 7.25. The molecular formula is C26H27NO5. The van der Waals surface area contributed by atoms with Gasteiger partial charge in [-0.25, -0.2) is 4.79 Å². The molecule has 0 saturated carbocycles. The molecule has 3 aromatic rings. The van der Waals surface area contributed by atoms with Crippen molar-refractivity contribution in [1.82, 2.24) is 4.90 Å². The number of hydrogen-bond acceptors (Lipinski definition) is 5. The summed E-state index contributed by atoms with van der Waals surface area (Å²) >= 11 is 0. The number of para-hydroxylation sites is 1. The molecule has 32 heavy (non-hydrogen) atoms. The summed E-state index contributed by atoms with van der Waals surface area (Å²) < 4.78 is 16.1. The lowest BCUT2D eigenvalue weighted by Gasteiger charge is -2.26. The molecule has 1 atom stereocenters. The van der Waals surface area contributed by atoms with E-state index in [9.17, 15) is 9.59 Å². The van der Waals surface area contributed by atoms with E-state index in [4.69, 9.17) is 14.2 Å². The molecule has 0 aliphatic rings. The fourth-order valence-electron chi connectivity index (χ4n) is 3.40. The van der Waals surface area contributed by atoms with Gasteiger partial charge in [0.1, 0.15) is 5.56 Å². The van der Waals surface area contributed by atoms with Crippen LogP contribution in [0.3, 0.4) is 0 Å². The van der Waals surface area contributed by atoms with Crippen LogP contribution in [0, 0.1) is 0 Å². The van der Waals surface area contributed by atoms with Gasteiger partial charge in [0.2, 0.25) is 0 Å². The predicted octanol–water partition coefficient (Wildman–Crippen LogP) is 4.48. The first kappa shape index (κ1) is 22.9. The van der Waals surface area contributed by atoms with Crippen molar-refractivity contribution in [3.63, 3.8) is 0 Å². The lowest BCUT2D eigenvalue weighted by atomic mass is 10.1. The zero-order valence-electron chi connectivity index (χ0n) is 18.5. The summed E-state index contributed by atoms with van der Waals surface area (Å²) in [4.78, 5) is 27.8. The Bertz CT molecular complexity index is 995. The Labute approximate surface area is 188 Å². The molecule has 6 nitrogen and oxygen atoms in total. The van der Waals surface area contributed by atoms with Crippen LogP contribution in [0.25, 0.3) is 0 Å². The average molecular weight is 434 g/mol. The Balaban J connectivity index is 1.78. The summed E-state index contributed by atoms with van der Waals surface area (Å²) in [6, 6.07) is 24.4. The molecule has 0 spiro atoms. The molecule has 1 unspecified atom stereocenters. The van der Waals surface area contributed by atoms with E-state index in [0.29, 0.717) is 18.8 Å². The standard InChI is InChI=1S/C26H27NO5/c1-19(32-26(29)22-15-10-16-23(30-2)24(22)31-3)25(28)27(17-20-11-6-4-7-12-20)18-21-13-8-5-9-14-21/h4-16,19H,17-18H2,1-3H3. The summed E-state index contributed by atoms with van der Waals surface area (Å²) in [6.07, 6.45) is -0.981. The Morgan fingerprint density at radius 3 is 1.84 bits per heavy atom. The van der Waals surface area contributed by atoms with Crippen LogP contribution in [-0.2, 0) is 22.6 Å². The van der Waals surface area contributed by atoms with Gasteiger partial charge in [-0.3, -0.25) is 4.79 Å². The molecule has 6 heteroatoms. The van der Waals surface area contributed by atoms with Crippen LogP contribution in [-0.4, -0.2) is 37.1 Å². The predicted molar refractivity (Wildman–Crippen MR) is 122 cm³/mol. The normalized spacial score (nSPS) is 11.3. The van der Waals surface area contributed by atoms with E-state index in [2.05, 4.69) is 0 Å². The van der Waals surface area contributed by atoms with Gasteiger partial charge in [-0.1, -0.05) is 66.7 Å². The number of esters is 1. The second kappa shape index (κ2) is 11.0. The monoisotopic (exact) mass is 433 g/mol. The number of nitrogens with zero attached hydrogens (tertiary/aromatic N) is 1. The fourth-order valence-corrected chi connectivity index (χ4v) is 3.40. The number of rotatable bonds is 9. The maximum atomic E-state index is 13.3. The molecule has 0 radical (unpaired) electrons. The van der Waals surface area contributed by atoms with Crippen LogP contribution in [0.5, 0.6) is 11.5 Å². The highest BCUT2D eigenvalue weighted by molar-refractivity contribution is 5.95. The number of hydrogen-bond donors (Lipinski definition) is 0. The van der Waals surface area contributed by atoms with Crippen LogP contribution in [0.4, 0.5) is 0 Å². The molecule has 0 aromatic heterocycles. The molecule has 0 aliphatic carbocycles. The highest BCUT2D eigenvalue weighted by atomic mass is 16.6. The van der Waals surface area contributed by atoms with Crippen molar-refractivity contribution in [2.75, 3.05) is 14.2 Å². The van der Waals surface area contributed by atoms with Crippen molar-refractivity contribution in [3.8, 4) is 11.5 Å². The molecule has 0 N–H and O–H groups in total. The molecule has 3 aromatic carbocycles. The summed E-state index contributed by atoms with van der Waals surface area (Å²) in [5.41, 5.74) is 2.18. The Morgan fingerprint density at radius 1 is 0.781 bits per heavy atom. The van der Waals surface area contributed by atoms with Gasteiger partial charge >= 0.3 is 5.97 Å². The van der Waals surface area contributed by atoms with Crippen molar-refractivity contribution < 1.29 is 23.8 Å². The molecule has 0 fully saturated rings. The van der Waals surface area contributed by atoms with Crippen molar-refractivity contribution in [3.05, 3.63) is 95.6 Å². The van der Waals surface area contributed by atoms with Gasteiger partial charge in [0.15, 0.2) is 17.6 Å². The Kier molecular flexibility index (Phi) is 7.86. The maximum absolute atomic E-state index is 13.3. The summed E-state index contributed by atoms with van der Waals surface area (Å²) in [7, 11) is 2.94. The van der Waals surface area contributed by atoms with Gasteiger partial charge in [-0.2, -0.15) is 0 Å². The van der Waals surface area contributed by atoms with Crippen molar-refractivity contribution in [1.29, 1.82) is 0 Å². The zero-order chi connectivity index (χ0) is 22.9. The first-order valence-corrected chi connectivity index (χ1v) is 10.3. The van der Waals surface area contributed by atoms with E-state index in [1.165, 1.54) is 14.2 Å². The third kappa shape index (κ3) is 5.66. The number of ether oxygens (including phenoxy) is 3. The summed E-state index contributed by atoms with van der Waals surface area (Å²) in [5.74, 6) is -0.255. The molecule has 1 amide bonds. The lowest BCUT2D eigenvalue weighted by molar-refractivity contribution is -0.141. The van der Waals surface area contributed by atoms with E-state index in [0.717, 1.165) is 11.1 Å². The van der Waals surface area contributed by atoms with E-state index >= 15 is 0 Å². The van der Waals surface area contributed by atoms with Crippen molar-refractivity contribution in [2.24, 2.45) is 0 Å². The lowest BCUT2D eigenvalue weighted by Crippen LogP contribution is -2.39. The molecule has 0 saturated heterocycles. The quantitative estimate of drug-likeness (QED) is 0.466. The maximum Gasteiger partial charge on any atom is 0.342 e. The zero-order valence-corrected chi connectivity index (χ0v) is 18.5. The second-order valence-corrected chi connectivity index (χ2v) is 7.25. The van der Waals surface area contributed by atoms with Crippen LogP contribution < -0.4 is 9.47 Å². The third-order valence-electron chi connectivity index (χ3n) is 5.00. The highest BCUT2D eigenvalue weighted by Gasteiger charge is 2.27. The summed E-state index contributed by atoms with van der Waals surface area (Å²) in [5, 5.41) is 0. The molecule has 0 bridgehead atoms. The largest absolute Gasteiger partial charge is 0.493 e. The molecule has 0 aliphatic heterocycles. The number of benzene rings is 3. The van der Waals surface area contributed by atoms with E-state index in [-0.39, 0.29) is 17.2 Å². The van der Waals surface area contributed by atoms with Crippen LogP contribution >= 0.6 is 0 Å². The Morgan fingerprint density at radius 2 is 1.34 bits per heavy atom. The van der Waals surface area contributed by atoms with Gasteiger partial charge in [-0.05, 0) is 30.2 Å². The first-order chi connectivity index (χ1) is 15.5. The smallest absolute Gasteiger partial charge is 0.342 e. The van der Waals surface area contributed by atoms with E-state index in [1.807, 2.05) is 60.7 Å². The number of methoxy groups -OCH3 is 2. The van der Waals surface area contributed by atoms with Gasteiger partial charge in [0, 0.05) is 13.1 Å². The molecule has 3 rings (SSSR count). The SMILES string of the molecule is COc1cccc(C(=O)OC(C)C(=O)N(Cc2ccccc2)Cc2ccccc2)c1OC. The minimum absolute atomic E-state index is 0.198. The van der Waals surface area contributed by atoms with Crippen LogP contribution in [0.1, 0.15) is 28.4 Å². The number of carbonyl (C=O) groups is 2. The Hall–Kier alpha value is -3.80. The van der Waals surface area contributed by atoms with Gasteiger partial charge in [0.05, 0.1) is 14.2 Å². The number of amides is 1. The molecule has 166 valence electrons. The van der Waals surface area contributed by atoms with Crippen molar-refractivity contribution in [2.45, 2.75) is 26.1 Å². The third-order valence-corrected chi connectivity index (χ3v) is 5.00. The van der Waals surface area contributed by atoms with Crippen molar-refractivity contribution >= 4 is 11.9 Å². The number of carbonyl (C=O) groups excluding carboxylic acids is 2. The minimum atomic E-state index is -0.981. The topological polar surface area (TPSA) is 65.1 Å².